The summed E-state index contributed by atoms with van der Waals surface area (Å²) >= 11 is 0. The summed E-state index contributed by atoms with van der Waals surface area (Å²) in [4.78, 5) is 22.2. The van der Waals surface area contributed by atoms with E-state index in [-0.39, 0.29) is 6.10 Å². The Bertz CT molecular complexity index is 288. The van der Waals surface area contributed by atoms with Gasteiger partial charge >= 0.3 is 11.9 Å². The largest absolute Gasteiger partial charge is 0.461 e. The van der Waals surface area contributed by atoms with Gasteiger partial charge in [0.15, 0.2) is 6.10 Å². The molecule has 0 spiro atoms. The van der Waals surface area contributed by atoms with Crippen molar-refractivity contribution in [2.75, 3.05) is 6.61 Å². The van der Waals surface area contributed by atoms with Gasteiger partial charge < -0.3 is 14.6 Å². The van der Waals surface area contributed by atoms with Crippen molar-refractivity contribution in [3.8, 4) is 0 Å². The zero-order valence-electron chi connectivity index (χ0n) is 11.8. The van der Waals surface area contributed by atoms with Crippen LogP contribution in [0.15, 0.2) is 12.7 Å². The Balaban J connectivity index is 3.81. The topological polar surface area (TPSA) is 72.8 Å². The summed E-state index contributed by atoms with van der Waals surface area (Å²) in [6.45, 7) is 6.71. The Kier molecular flexibility index (Phi) is 9.80. The number of carbonyl (C=O) groups excluding carboxylic acids is 2. The fraction of sp³-hybridized carbons (Fsp3) is 0.714. The van der Waals surface area contributed by atoms with Crippen molar-refractivity contribution >= 4 is 11.9 Å². The van der Waals surface area contributed by atoms with Crippen molar-refractivity contribution in [1.29, 1.82) is 0 Å². The molecule has 0 heterocycles. The van der Waals surface area contributed by atoms with Crippen molar-refractivity contribution in [1.82, 2.24) is 0 Å². The molecule has 19 heavy (non-hydrogen) atoms. The van der Waals surface area contributed by atoms with Crippen molar-refractivity contribution in [2.24, 2.45) is 0 Å². The van der Waals surface area contributed by atoms with Gasteiger partial charge in [0.2, 0.25) is 0 Å². The molecule has 0 rings (SSSR count). The van der Waals surface area contributed by atoms with E-state index in [0.29, 0.717) is 0 Å². The van der Waals surface area contributed by atoms with Crippen molar-refractivity contribution in [3.63, 3.8) is 0 Å². The first-order chi connectivity index (χ1) is 9.01. The van der Waals surface area contributed by atoms with Gasteiger partial charge in [0.1, 0.15) is 6.61 Å². The Morgan fingerprint density at radius 3 is 2.58 bits per heavy atom. The van der Waals surface area contributed by atoms with Crippen molar-refractivity contribution < 1.29 is 24.2 Å². The zero-order chi connectivity index (χ0) is 14.7. The van der Waals surface area contributed by atoms with Gasteiger partial charge in [0, 0.05) is 6.08 Å². The Morgan fingerprint density at radius 2 is 2.00 bits per heavy atom. The van der Waals surface area contributed by atoms with Crippen LogP contribution < -0.4 is 0 Å². The normalized spacial score (nSPS) is 13.4. The number of rotatable bonds is 10. The summed E-state index contributed by atoms with van der Waals surface area (Å²) in [6, 6.07) is 0. The summed E-state index contributed by atoms with van der Waals surface area (Å²) in [5.74, 6) is -1.45. The summed E-state index contributed by atoms with van der Waals surface area (Å²) < 4.78 is 9.61. The van der Waals surface area contributed by atoms with Crippen LogP contribution in [0.4, 0.5) is 0 Å². The van der Waals surface area contributed by atoms with E-state index in [1.165, 1.54) is 6.42 Å². The van der Waals surface area contributed by atoms with E-state index in [2.05, 4.69) is 18.2 Å². The number of hydrogen-bond donors (Lipinski definition) is 1. The predicted molar refractivity (Wildman–Crippen MR) is 71.5 cm³/mol. The molecule has 0 radical (unpaired) electrons. The van der Waals surface area contributed by atoms with E-state index in [4.69, 9.17) is 4.74 Å². The maximum absolute atomic E-state index is 11.5. The predicted octanol–water partition coefficient (Wildman–Crippen LogP) is 1.98. The standard InChI is InChI=1S/C14H24O5/c1-4-6-7-8-9-11(3)19-14(17)12(15)10-18-13(16)5-2/h5,11-12,15H,2,4,6-10H2,1,3H3. The fourth-order valence-electron chi connectivity index (χ4n) is 1.48. The monoisotopic (exact) mass is 272 g/mol. The first-order valence-electron chi connectivity index (χ1n) is 6.69. The molecule has 0 fully saturated rings. The van der Waals surface area contributed by atoms with Crippen molar-refractivity contribution in [3.05, 3.63) is 12.7 Å². The zero-order valence-corrected chi connectivity index (χ0v) is 11.8. The minimum absolute atomic E-state index is 0.242. The second-order valence-electron chi connectivity index (χ2n) is 4.45. The molecule has 110 valence electrons. The average Bonchev–Trinajstić information content (AvgIpc) is 2.40. The Hall–Kier alpha value is -1.36. The van der Waals surface area contributed by atoms with Crippen LogP contribution in [0.2, 0.25) is 0 Å². The van der Waals surface area contributed by atoms with Crippen LogP contribution in [0, 0.1) is 0 Å². The fourth-order valence-corrected chi connectivity index (χ4v) is 1.48. The minimum Gasteiger partial charge on any atom is -0.461 e. The van der Waals surface area contributed by atoms with E-state index in [1.54, 1.807) is 6.92 Å². The molecule has 0 aromatic heterocycles. The molecule has 0 saturated heterocycles. The van der Waals surface area contributed by atoms with Crippen LogP contribution in [-0.4, -0.2) is 35.9 Å². The number of unbranched alkanes of at least 4 members (excludes halogenated alkanes) is 3. The first-order valence-corrected chi connectivity index (χ1v) is 6.69. The van der Waals surface area contributed by atoms with E-state index in [1.807, 2.05) is 0 Å². The quantitative estimate of drug-likeness (QED) is 0.374. The van der Waals surface area contributed by atoms with Gasteiger partial charge in [-0.2, -0.15) is 0 Å². The lowest BCUT2D eigenvalue weighted by Crippen LogP contribution is -2.31. The van der Waals surface area contributed by atoms with Crippen molar-refractivity contribution in [2.45, 2.75) is 58.2 Å². The van der Waals surface area contributed by atoms with Crippen LogP contribution in [-0.2, 0) is 19.1 Å². The summed E-state index contributed by atoms with van der Waals surface area (Å²) in [5, 5.41) is 9.43. The third kappa shape index (κ3) is 9.25. The highest BCUT2D eigenvalue weighted by Gasteiger charge is 2.20. The van der Waals surface area contributed by atoms with Gasteiger partial charge in [-0.05, 0) is 19.8 Å². The van der Waals surface area contributed by atoms with Gasteiger partial charge in [-0.25, -0.2) is 9.59 Å². The molecule has 0 aromatic rings. The van der Waals surface area contributed by atoms with E-state index >= 15 is 0 Å². The minimum atomic E-state index is -1.44. The summed E-state index contributed by atoms with van der Waals surface area (Å²) in [5.41, 5.74) is 0. The molecular formula is C14H24O5. The molecule has 0 amide bonds. The maximum atomic E-state index is 11.5. The Labute approximate surface area is 114 Å². The molecule has 0 aromatic carbocycles. The molecule has 0 bridgehead atoms. The molecule has 2 atom stereocenters. The smallest absolute Gasteiger partial charge is 0.338 e. The lowest BCUT2D eigenvalue weighted by Gasteiger charge is -2.16. The average molecular weight is 272 g/mol. The molecular weight excluding hydrogens is 248 g/mol. The van der Waals surface area contributed by atoms with Crippen LogP contribution in [0.3, 0.4) is 0 Å². The number of aliphatic hydroxyl groups excluding tert-OH is 1. The highest BCUT2D eigenvalue weighted by molar-refractivity contribution is 5.82. The van der Waals surface area contributed by atoms with Crippen LogP contribution in [0.5, 0.6) is 0 Å². The molecule has 5 nitrogen and oxygen atoms in total. The number of carbonyl (C=O) groups is 2. The highest BCUT2D eigenvalue weighted by Crippen LogP contribution is 2.08. The third-order valence-corrected chi connectivity index (χ3v) is 2.60. The highest BCUT2D eigenvalue weighted by atomic mass is 16.6. The second-order valence-corrected chi connectivity index (χ2v) is 4.45. The summed E-state index contributed by atoms with van der Waals surface area (Å²) in [7, 11) is 0. The van der Waals surface area contributed by atoms with Crippen LogP contribution in [0.1, 0.15) is 46.0 Å². The van der Waals surface area contributed by atoms with E-state index < -0.39 is 24.6 Å². The molecule has 0 aliphatic rings. The summed E-state index contributed by atoms with van der Waals surface area (Å²) in [6.07, 6.45) is 4.47. The SMILES string of the molecule is C=CC(=O)OCC(O)C(=O)OC(C)CCCCCC. The molecule has 5 heteroatoms. The molecule has 0 saturated carbocycles. The number of esters is 2. The molecule has 2 unspecified atom stereocenters. The number of hydrogen-bond acceptors (Lipinski definition) is 5. The van der Waals surface area contributed by atoms with Crippen LogP contribution in [0.25, 0.3) is 0 Å². The molecule has 1 N–H and O–H groups in total. The number of aliphatic hydroxyl groups is 1. The Morgan fingerprint density at radius 1 is 1.32 bits per heavy atom. The maximum Gasteiger partial charge on any atom is 0.338 e. The van der Waals surface area contributed by atoms with Crippen LogP contribution >= 0.6 is 0 Å². The third-order valence-electron chi connectivity index (χ3n) is 2.60. The van der Waals surface area contributed by atoms with Gasteiger partial charge in [-0.1, -0.05) is 32.8 Å². The lowest BCUT2D eigenvalue weighted by molar-refractivity contribution is -0.163. The molecule has 0 aliphatic carbocycles. The molecule has 0 aliphatic heterocycles. The van der Waals surface area contributed by atoms with E-state index in [9.17, 15) is 14.7 Å². The first kappa shape index (κ1) is 17.6. The second kappa shape index (κ2) is 10.6. The van der Waals surface area contributed by atoms with Gasteiger partial charge in [0.25, 0.3) is 0 Å². The van der Waals surface area contributed by atoms with Gasteiger partial charge in [-0.15, -0.1) is 0 Å². The van der Waals surface area contributed by atoms with E-state index in [0.717, 1.165) is 31.8 Å². The number of ether oxygens (including phenoxy) is 2. The van der Waals surface area contributed by atoms with Gasteiger partial charge in [0.05, 0.1) is 6.10 Å². The lowest BCUT2D eigenvalue weighted by atomic mass is 10.1. The van der Waals surface area contributed by atoms with Gasteiger partial charge in [-0.3, -0.25) is 0 Å².